The molecular weight excluding hydrogens is 348 g/mol. The summed E-state index contributed by atoms with van der Waals surface area (Å²) < 4.78 is 9.72. The number of benzene rings is 1. The molecule has 1 aromatic carbocycles. The van der Waals surface area contributed by atoms with Gasteiger partial charge in [0.1, 0.15) is 5.75 Å². The van der Waals surface area contributed by atoms with Crippen LogP contribution in [0.25, 0.3) is 0 Å². The number of piperidine rings is 1. The van der Waals surface area contributed by atoms with Crippen LogP contribution in [0.3, 0.4) is 0 Å². The highest BCUT2D eigenvalue weighted by atomic mass is 16.5. The molecule has 148 valence electrons. The molecule has 1 aromatic rings. The van der Waals surface area contributed by atoms with Crippen LogP contribution in [0.1, 0.15) is 31.2 Å². The van der Waals surface area contributed by atoms with Gasteiger partial charge in [0.25, 0.3) is 0 Å². The third-order valence-corrected chi connectivity index (χ3v) is 4.78. The van der Waals surface area contributed by atoms with Gasteiger partial charge in [0, 0.05) is 32.5 Å². The molecular formula is C20H28N2O5. The number of methoxy groups -OCH3 is 2. The highest BCUT2D eigenvalue weighted by molar-refractivity contribution is 5.83. The summed E-state index contributed by atoms with van der Waals surface area (Å²) in [4.78, 5) is 37.4. The van der Waals surface area contributed by atoms with E-state index in [1.54, 1.807) is 12.0 Å². The number of carbonyl (C=O) groups excluding carboxylic acids is 3. The maximum Gasteiger partial charge on any atom is 0.305 e. The van der Waals surface area contributed by atoms with Crippen molar-refractivity contribution in [3.8, 4) is 5.75 Å². The van der Waals surface area contributed by atoms with E-state index in [1.165, 1.54) is 7.11 Å². The van der Waals surface area contributed by atoms with Gasteiger partial charge in [0.15, 0.2) is 0 Å². The molecule has 1 heterocycles. The van der Waals surface area contributed by atoms with Crippen LogP contribution in [0.15, 0.2) is 24.3 Å². The molecule has 1 N–H and O–H groups in total. The lowest BCUT2D eigenvalue weighted by Gasteiger charge is -2.32. The number of hydrogen-bond donors (Lipinski definition) is 1. The first-order valence-electron chi connectivity index (χ1n) is 9.28. The van der Waals surface area contributed by atoms with E-state index in [2.05, 4.69) is 10.1 Å². The molecule has 0 saturated carbocycles. The van der Waals surface area contributed by atoms with E-state index in [0.29, 0.717) is 38.9 Å². The van der Waals surface area contributed by atoms with Crippen LogP contribution in [0.5, 0.6) is 5.75 Å². The zero-order valence-electron chi connectivity index (χ0n) is 16.0. The Morgan fingerprint density at radius 1 is 1.22 bits per heavy atom. The Labute approximate surface area is 160 Å². The summed E-state index contributed by atoms with van der Waals surface area (Å²) in [6.07, 6.45) is 2.53. The van der Waals surface area contributed by atoms with Crippen LogP contribution in [-0.4, -0.2) is 56.5 Å². The van der Waals surface area contributed by atoms with Crippen LogP contribution in [0, 0.1) is 5.92 Å². The molecule has 0 spiro atoms. The fraction of sp³-hybridized carbons (Fsp3) is 0.550. The lowest BCUT2D eigenvalue weighted by atomic mass is 9.96. The summed E-state index contributed by atoms with van der Waals surface area (Å²) >= 11 is 0. The Kier molecular flexibility index (Phi) is 8.10. The number of hydrogen-bond acceptors (Lipinski definition) is 5. The zero-order valence-corrected chi connectivity index (χ0v) is 16.0. The van der Waals surface area contributed by atoms with Gasteiger partial charge in [0.2, 0.25) is 11.8 Å². The first kappa shape index (κ1) is 20.7. The summed E-state index contributed by atoms with van der Waals surface area (Å²) in [5.74, 6) is 0.366. The Hall–Kier alpha value is -2.57. The quantitative estimate of drug-likeness (QED) is 0.522. The average Bonchev–Trinajstić information content (AvgIpc) is 2.70. The smallest absolute Gasteiger partial charge is 0.305 e. The van der Waals surface area contributed by atoms with Crippen molar-refractivity contribution in [2.24, 2.45) is 5.92 Å². The normalized spacial score (nSPS) is 16.7. The maximum absolute atomic E-state index is 12.3. The van der Waals surface area contributed by atoms with Crippen LogP contribution in [-0.2, 0) is 25.5 Å². The van der Waals surface area contributed by atoms with Crippen molar-refractivity contribution in [1.29, 1.82) is 0 Å². The number of likely N-dealkylation sites (tertiary alicyclic amines) is 1. The fourth-order valence-corrected chi connectivity index (χ4v) is 3.09. The van der Waals surface area contributed by atoms with Crippen molar-refractivity contribution in [1.82, 2.24) is 10.2 Å². The number of nitrogens with one attached hydrogen (secondary N) is 1. The predicted octanol–water partition coefficient (Wildman–Crippen LogP) is 1.55. The first-order chi connectivity index (χ1) is 13.0. The molecule has 1 atom stereocenters. The Morgan fingerprint density at radius 3 is 2.63 bits per heavy atom. The lowest BCUT2D eigenvalue weighted by molar-refractivity contribution is -0.141. The summed E-state index contributed by atoms with van der Waals surface area (Å²) in [7, 11) is 2.97. The maximum atomic E-state index is 12.3. The Morgan fingerprint density at radius 2 is 1.96 bits per heavy atom. The van der Waals surface area contributed by atoms with Crippen LogP contribution < -0.4 is 10.1 Å². The van der Waals surface area contributed by atoms with Gasteiger partial charge in [0.05, 0.1) is 20.1 Å². The molecule has 2 rings (SSSR count). The summed E-state index contributed by atoms with van der Waals surface area (Å²) in [5, 5.41) is 2.86. The molecule has 1 aliphatic heterocycles. The van der Waals surface area contributed by atoms with E-state index < -0.39 is 0 Å². The molecule has 1 aliphatic rings. The standard InChI is InChI=1S/C20H28N2O5/c1-26-17-8-5-15(6-9-17)11-13-22-14-16(7-10-18(22)23)20(25)21-12-3-4-19(24)27-2/h5-6,8-9,16H,3-4,7,10-14H2,1-2H3,(H,21,25). The summed E-state index contributed by atoms with van der Waals surface area (Å²) in [6.45, 7) is 1.47. The molecule has 1 fully saturated rings. The molecule has 7 nitrogen and oxygen atoms in total. The topological polar surface area (TPSA) is 84.9 Å². The highest BCUT2D eigenvalue weighted by Crippen LogP contribution is 2.19. The van der Waals surface area contributed by atoms with E-state index in [1.807, 2.05) is 24.3 Å². The van der Waals surface area contributed by atoms with Gasteiger partial charge in [-0.15, -0.1) is 0 Å². The number of amides is 2. The lowest BCUT2D eigenvalue weighted by Crippen LogP contribution is -2.46. The average molecular weight is 376 g/mol. The Balaban J connectivity index is 1.77. The van der Waals surface area contributed by atoms with Gasteiger partial charge in [-0.2, -0.15) is 0 Å². The fourth-order valence-electron chi connectivity index (χ4n) is 3.09. The second-order valence-corrected chi connectivity index (χ2v) is 6.64. The monoisotopic (exact) mass is 376 g/mol. The summed E-state index contributed by atoms with van der Waals surface area (Å²) in [5.41, 5.74) is 1.12. The van der Waals surface area contributed by atoms with Gasteiger partial charge in [-0.3, -0.25) is 14.4 Å². The molecule has 2 amide bonds. The van der Waals surface area contributed by atoms with E-state index >= 15 is 0 Å². The van der Waals surface area contributed by atoms with Gasteiger partial charge in [-0.25, -0.2) is 0 Å². The minimum atomic E-state index is -0.280. The molecule has 1 saturated heterocycles. The number of ether oxygens (including phenoxy) is 2. The minimum Gasteiger partial charge on any atom is -0.497 e. The molecule has 27 heavy (non-hydrogen) atoms. The second-order valence-electron chi connectivity index (χ2n) is 6.64. The largest absolute Gasteiger partial charge is 0.497 e. The molecule has 0 bridgehead atoms. The third kappa shape index (κ3) is 6.58. The van der Waals surface area contributed by atoms with Crippen molar-refractivity contribution in [2.75, 3.05) is 33.9 Å². The predicted molar refractivity (Wildman–Crippen MR) is 100 cm³/mol. The van der Waals surface area contributed by atoms with Gasteiger partial charge < -0.3 is 19.7 Å². The van der Waals surface area contributed by atoms with E-state index in [0.717, 1.165) is 17.7 Å². The highest BCUT2D eigenvalue weighted by Gasteiger charge is 2.29. The molecule has 0 radical (unpaired) electrons. The second kappa shape index (κ2) is 10.5. The van der Waals surface area contributed by atoms with Crippen molar-refractivity contribution < 1.29 is 23.9 Å². The molecule has 0 aliphatic carbocycles. The molecule has 0 aromatic heterocycles. The van der Waals surface area contributed by atoms with Crippen LogP contribution >= 0.6 is 0 Å². The Bertz CT molecular complexity index is 644. The van der Waals surface area contributed by atoms with E-state index in [4.69, 9.17) is 4.74 Å². The number of rotatable bonds is 9. The molecule has 7 heteroatoms. The number of esters is 1. The van der Waals surface area contributed by atoms with Crippen molar-refractivity contribution in [3.05, 3.63) is 29.8 Å². The van der Waals surface area contributed by atoms with Crippen LogP contribution in [0.2, 0.25) is 0 Å². The van der Waals surface area contributed by atoms with Gasteiger partial charge >= 0.3 is 5.97 Å². The minimum absolute atomic E-state index is 0.0539. The van der Waals surface area contributed by atoms with E-state index in [9.17, 15) is 14.4 Å². The summed E-state index contributed by atoms with van der Waals surface area (Å²) in [6, 6.07) is 7.77. The van der Waals surface area contributed by atoms with Crippen molar-refractivity contribution >= 4 is 17.8 Å². The first-order valence-corrected chi connectivity index (χ1v) is 9.28. The van der Waals surface area contributed by atoms with Crippen molar-refractivity contribution in [2.45, 2.75) is 32.1 Å². The van der Waals surface area contributed by atoms with E-state index in [-0.39, 0.29) is 30.1 Å². The zero-order chi connectivity index (χ0) is 19.6. The van der Waals surface area contributed by atoms with Crippen LogP contribution in [0.4, 0.5) is 0 Å². The van der Waals surface area contributed by atoms with Crippen molar-refractivity contribution in [3.63, 3.8) is 0 Å². The number of nitrogens with zero attached hydrogens (tertiary/aromatic N) is 1. The number of carbonyl (C=O) groups is 3. The third-order valence-electron chi connectivity index (χ3n) is 4.78. The molecule has 1 unspecified atom stereocenters. The van der Waals surface area contributed by atoms with Gasteiger partial charge in [-0.1, -0.05) is 12.1 Å². The SMILES string of the molecule is COC(=O)CCCNC(=O)C1CCC(=O)N(CCc2ccc(OC)cc2)C1. The van der Waals surface area contributed by atoms with Gasteiger partial charge in [-0.05, 0) is 37.0 Å².